The van der Waals surface area contributed by atoms with Crippen molar-refractivity contribution in [2.24, 2.45) is 0 Å². The van der Waals surface area contributed by atoms with Crippen molar-refractivity contribution in [2.45, 2.75) is 69.0 Å². The van der Waals surface area contributed by atoms with Gasteiger partial charge in [0.25, 0.3) is 0 Å². The van der Waals surface area contributed by atoms with Crippen LogP contribution in [-0.2, 0) is 0 Å². The van der Waals surface area contributed by atoms with E-state index in [0.717, 1.165) is 11.3 Å². The minimum Gasteiger partial charge on any atom is -0.311 e. The third-order valence-electron chi connectivity index (χ3n) is 3.00. The van der Waals surface area contributed by atoms with Gasteiger partial charge in [-0.2, -0.15) is 23.5 Å². The fraction of sp³-hybridized carbons (Fsp3) is 1.00. The molecule has 0 heterocycles. The first-order valence-electron chi connectivity index (χ1n) is 6.33. The van der Waals surface area contributed by atoms with E-state index >= 15 is 0 Å². The molecule has 0 aromatic heterocycles. The maximum absolute atomic E-state index is 3.78. The SMILES string of the molecule is CSC1CCC(NC(C)CSC(C)(C)C)C1. The van der Waals surface area contributed by atoms with E-state index in [4.69, 9.17) is 0 Å². The van der Waals surface area contributed by atoms with Crippen molar-refractivity contribution in [3.05, 3.63) is 0 Å². The second kappa shape index (κ2) is 6.55. The van der Waals surface area contributed by atoms with Crippen LogP contribution in [0.15, 0.2) is 0 Å². The summed E-state index contributed by atoms with van der Waals surface area (Å²) in [6.07, 6.45) is 6.38. The number of hydrogen-bond donors (Lipinski definition) is 1. The second-order valence-electron chi connectivity index (χ2n) is 5.86. The van der Waals surface area contributed by atoms with Gasteiger partial charge in [0.1, 0.15) is 0 Å². The number of thioether (sulfide) groups is 2. The molecule has 1 aliphatic rings. The smallest absolute Gasteiger partial charge is 0.0132 e. The fourth-order valence-electron chi connectivity index (χ4n) is 2.13. The Morgan fingerprint density at radius 1 is 1.31 bits per heavy atom. The Morgan fingerprint density at radius 3 is 2.50 bits per heavy atom. The molecule has 1 saturated carbocycles. The molecule has 1 fully saturated rings. The summed E-state index contributed by atoms with van der Waals surface area (Å²) in [4.78, 5) is 0. The molecule has 0 bridgehead atoms. The lowest BCUT2D eigenvalue weighted by Crippen LogP contribution is -2.37. The van der Waals surface area contributed by atoms with Gasteiger partial charge in [-0.15, -0.1) is 0 Å². The molecule has 96 valence electrons. The van der Waals surface area contributed by atoms with E-state index in [1.165, 1.54) is 25.0 Å². The van der Waals surface area contributed by atoms with Crippen molar-refractivity contribution < 1.29 is 0 Å². The van der Waals surface area contributed by atoms with E-state index in [1.807, 2.05) is 11.8 Å². The molecule has 0 amide bonds. The Labute approximate surface area is 110 Å². The topological polar surface area (TPSA) is 12.0 Å². The van der Waals surface area contributed by atoms with Gasteiger partial charge in [-0.3, -0.25) is 0 Å². The van der Waals surface area contributed by atoms with Crippen LogP contribution < -0.4 is 5.32 Å². The van der Waals surface area contributed by atoms with Crippen LogP contribution in [0.25, 0.3) is 0 Å². The third kappa shape index (κ3) is 5.83. The van der Waals surface area contributed by atoms with E-state index in [-0.39, 0.29) is 0 Å². The van der Waals surface area contributed by atoms with Crippen molar-refractivity contribution in [2.75, 3.05) is 12.0 Å². The van der Waals surface area contributed by atoms with Gasteiger partial charge in [0, 0.05) is 27.8 Å². The van der Waals surface area contributed by atoms with E-state index < -0.39 is 0 Å². The third-order valence-corrected chi connectivity index (χ3v) is 5.63. The summed E-state index contributed by atoms with van der Waals surface area (Å²) < 4.78 is 0.396. The summed E-state index contributed by atoms with van der Waals surface area (Å²) in [5, 5.41) is 4.68. The molecule has 0 radical (unpaired) electrons. The van der Waals surface area contributed by atoms with Gasteiger partial charge in [-0.25, -0.2) is 0 Å². The fourth-order valence-corrected chi connectivity index (χ4v) is 3.77. The van der Waals surface area contributed by atoms with Crippen LogP contribution in [0, 0.1) is 0 Å². The molecular formula is C13H27NS2. The van der Waals surface area contributed by atoms with Crippen LogP contribution in [0.5, 0.6) is 0 Å². The van der Waals surface area contributed by atoms with Crippen LogP contribution in [0.4, 0.5) is 0 Å². The quantitative estimate of drug-likeness (QED) is 0.809. The molecule has 3 unspecified atom stereocenters. The monoisotopic (exact) mass is 261 g/mol. The van der Waals surface area contributed by atoms with E-state index in [9.17, 15) is 0 Å². The zero-order chi connectivity index (χ0) is 12.2. The standard InChI is InChI=1S/C13H27NS2/c1-10(9-16-13(2,3)4)14-11-6-7-12(8-11)15-5/h10-12,14H,6-9H2,1-5H3. The van der Waals surface area contributed by atoms with Crippen LogP contribution in [0.2, 0.25) is 0 Å². The molecule has 0 aromatic rings. The zero-order valence-corrected chi connectivity index (χ0v) is 13.0. The van der Waals surface area contributed by atoms with Gasteiger partial charge in [0.05, 0.1) is 0 Å². The maximum atomic E-state index is 3.78. The molecule has 0 saturated heterocycles. The first-order chi connectivity index (χ1) is 7.40. The Balaban J connectivity index is 2.17. The molecular weight excluding hydrogens is 234 g/mol. The lowest BCUT2D eigenvalue weighted by Gasteiger charge is -2.24. The number of nitrogens with one attached hydrogen (secondary N) is 1. The average Bonchev–Trinajstić information content (AvgIpc) is 2.61. The van der Waals surface area contributed by atoms with Crippen LogP contribution in [0.1, 0.15) is 47.0 Å². The first-order valence-corrected chi connectivity index (χ1v) is 8.61. The second-order valence-corrected chi connectivity index (χ2v) is 8.84. The van der Waals surface area contributed by atoms with Crippen molar-refractivity contribution in [3.8, 4) is 0 Å². The largest absolute Gasteiger partial charge is 0.311 e. The van der Waals surface area contributed by atoms with Crippen LogP contribution in [-0.4, -0.2) is 34.1 Å². The van der Waals surface area contributed by atoms with Gasteiger partial charge in [-0.1, -0.05) is 20.8 Å². The molecule has 1 N–H and O–H groups in total. The molecule has 0 spiro atoms. The van der Waals surface area contributed by atoms with E-state index in [2.05, 4.69) is 51.0 Å². The summed E-state index contributed by atoms with van der Waals surface area (Å²) >= 11 is 4.10. The Morgan fingerprint density at radius 2 is 2.00 bits per heavy atom. The summed E-state index contributed by atoms with van der Waals surface area (Å²) in [6, 6.07) is 1.42. The van der Waals surface area contributed by atoms with Crippen molar-refractivity contribution in [1.29, 1.82) is 0 Å². The predicted molar refractivity (Wildman–Crippen MR) is 79.8 cm³/mol. The van der Waals surface area contributed by atoms with Crippen molar-refractivity contribution in [3.63, 3.8) is 0 Å². The summed E-state index contributed by atoms with van der Waals surface area (Å²) in [5.74, 6) is 1.23. The van der Waals surface area contributed by atoms with Gasteiger partial charge < -0.3 is 5.32 Å². The Kier molecular flexibility index (Phi) is 6.03. The lowest BCUT2D eigenvalue weighted by molar-refractivity contribution is 0.475. The normalized spacial score (nSPS) is 28.3. The molecule has 1 rings (SSSR count). The Bertz CT molecular complexity index is 201. The molecule has 0 aliphatic heterocycles. The highest BCUT2D eigenvalue weighted by molar-refractivity contribution is 8.00. The van der Waals surface area contributed by atoms with Crippen molar-refractivity contribution >= 4 is 23.5 Å². The molecule has 1 nitrogen and oxygen atoms in total. The lowest BCUT2D eigenvalue weighted by atomic mass is 10.2. The van der Waals surface area contributed by atoms with Gasteiger partial charge in [0.2, 0.25) is 0 Å². The van der Waals surface area contributed by atoms with Gasteiger partial charge >= 0.3 is 0 Å². The highest BCUT2D eigenvalue weighted by Gasteiger charge is 2.25. The van der Waals surface area contributed by atoms with E-state index in [0.29, 0.717) is 10.8 Å². The molecule has 0 aromatic carbocycles. The minimum atomic E-state index is 0.396. The highest BCUT2D eigenvalue weighted by Crippen LogP contribution is 2.29. The molecule has 16 heavy (non-hydrogen) atoms. The van der Waals surface area contributed by atoms with E-state index in [1.54, 1.807) is 0 Å². The average molecular weight is 262 g/mol. The van der Waals surface area contributed by atoms with Gasteiger partial charge in [-0.05, 0) is 32.4 Å². The number of rotatable bonds is 5. The van der Waals surface area contributed by atoms with Crippen molar-refractivity contribution in [1.82, 2.24) is 5.32 Å². The molecule has 1 aliphatic carbocycles. The maximum Gasteiger partial charge on any atom is 0.0132 e. The predicted octanol–water partition coefficient (Wildman–Crippen LogP) is 3.78. The van der Waals surface area contributed by atoms with Crippen LogP contribution >= 0.6 is 23.5 Å². The van der Waals surface area contributed by atoms with Crippen LogP contribution in [0.3, 0.4) is 0 Å². The summed E-state index contributed by atoms with van der Waals surface area (Å²) in [5.41, 5.74) is 0. The first kappa shape index (κ1) is 14.7. The zero-order valence-electron chi connectivity index (χ0n) is 11.4. The summed E-state index contributed by atoms with van der Waals surface area (Å²) in [7, 11) is 0. The highest BCUT2D eigenvalue weighted by atomic mass is 32.2. The molecule has 3 atom stereocenters. The Hall–Kier alpha value is 0.660. The molecule has 3 heteroatoms. The summed E-state index contributed by atoms with van der Waals surface area (Å²) in [6.45, 7) is 9.21. The number of hydrogen-bond acceptors (Lipinski definition) is 3. The van der Waals surface area contributed by atoms with Gasteiger partial charge in [0.15, 0.2) is 0 Å². The minimum absolute atomic E-state index is 0.396.